The van der Waals surface area contributed by atoms with Crippen molar-refractivity contribution in [3.05, 3.63) is 10.9 Å². The second kappa shape index (κ2) is 5.09. The van der Waals surface area contributed by atoms with Gasteiger partial charge in [0.05, 0.1) is 14.8 Å². The Hall–Kier alpha value is -0.390. The number of hydrogen-bond acceptors (Lipinski definition) is 4. The molecular weight excluding hydrogens is 250 g/mol. The van der Waals surface area contributed by atoms with Crippen molar-refractivity contribution >= 4 is 47.0 Å². The Morgan fingerprint density at radius 3 is 3.00 bits per heavy atom. The normalized spacial score (nSPS) is 14.3. The first-order chi connectivity index (χ1) is 6.72. The first kappa shape index (κ1) is 12.7. The smallest absolute Gasteiger partial charge is 0.133 e. The number of halogens is 1. The number of nitrogen functional groups attached to an aromatic ring is 1. The summed E-state index contributed by atoms with van der Waals surface area (Å²) in [7, 11) is 0. The molecule has 1 aromatic heterocycles. The zero-order chi connectivity index (χ0) is 10.1. The summed E-state index contributed by atoms with van der Waals surface area (Å²) < 4.78 is 1.31. The van der Waals surface area contributed by atoms with Gasteiger partial charge in [-0.25, -0.2) is 0 Å². The molecule has 1 aromatic rings. The molecule has 0 bridgehead atoms. The lowest BCUT2D eigenvalue weighted by Crippen LogP contribution is -2.27. The van der Waals surface area contributed by atoms with Crippen molar-refractivity contribution < 1.29 is 0 Å². The number of nitrogens with zero attached hydrogens (tertiary/aromatic N) is 1. The summed E-state index contributed by atoms with van der Waals surface area (Å²) in [5.74, 6) is 1.32. The van der Waals surface area contributed by atoms with Gasteiger partial charge in [0.2, 0.25) is 0 Å². The Labute approximate surface area is 104 Å². The molecule has 2 rings (SSSR count). The van der Waals surface area contributed by atoms with Crippen LogP contribution in [0, 0.1) is 5.41 Å². The molecule has 0 aromatic carbocycles. The largest absolute Gasteiger partial charge is 0.383 e. The lowest BCUT2D eigenvalue weighted by Gasteiger charge is -2.26. The summed E-state index contributed by atoms with van der Waals surface area (Å²) in [5.41, 5.74) is 6.74. The molecule has 15 heavy (non-hydrogen) atoms. The summed E-state index contributed by atoms with van der Waals surface area (Å²) in [4.78, 5) is 3.23. The van der Waals surface area contributed by atoms with E-state index in [4.69, 9.17) is 11.1 Å². The summed E-state index contributed by atoms with van der Waals surface area (Å²) in [6, 6.07) is 2.04. The van der Waals surface area contributed by atoms with E-state index in [0.717, 1.165) is 23.7 Å². The van der Waals surface area contributed by atoms with Gasteiger partial charge < -0.3 is 10.6 Å². The summed E-state index contributed by atoms with van der Waals surface area (Å²) >= 11 is 3.50. The van der Waals surface area contributed by atoms with Crippen LogP contribution in [0.4, 0.5) is 5.69 Å². The molecule has 6 heteroatoms. The van der Waals surface area contributed by atoms with Crippen molar-refractivity contribution in [3.63, 3.8) is 0 Å². The fraction of sp³-hybridized carbons (Fsp3) is 0.444. The molecule has 0 saturated carbocycles. The number of rotatable bonds is 2. The van der Waals surface area contributed by atoms with Crippen molar-refractivity contribution in [2.45, 2.75) is 11.1 Å². The molecular formula is C9H14ClN3S2. The highest BCUT2D eigenvalue weighted by molar-refractivity contribution is 8.01. The molecule has 0 spiro atoms. The van der Waals surface area contributed by atoms with Gasteiger partial charge in [-0.05, 0) is 13.0 Å². The third-order valence-electron chi connectivity index (χ3n) is 2.26. The fourth-order valence-electron chi connectivity index (χ4n) is 1.52. The number of nitrogens with one attached hydrogen (secondary N) is 1. The van der Waals surface area contributed by atoms with E-state index in [0.29, 0.717) is 0 Å². The minimum atomic E-state index is 0. The first-order valence-electron chi connectivity index (χ1n) is 4.58. The van der Waals surface area contributed by atoms with Gasteiger partial charge in [0.1, 0.15) is 5.84 Å². The van der Waals surface area contributed by atoms with Crippen LogP contribution in [-0.4, -0.2) is 24.7 Å². The Morgan fingerprint density at radius 1 is 1.67 bits per heavy atom. The Kier molecular flexibility index (Phi) is 4.31. The fourth-order valence-corrected chi connectivity index (χ4v) is 3.88. The Bertz CT molecular complexity index is 364. The van der Waals surface area contributed by atoms with E-state index in [1.165, 1.54) is 9.90 Å². The third kappa shape index (κ3) is 2.41. The minimum Gasteiger partial charge on any atom is -0.383 e. The third-order valence-corrected chi connectivity index (χ3v) is 4.68. The molecule has 0 aliphatic carbocycles. The van der Waals surface area contributed by atoms with E-state index >= 15 is 0 Å². The van der Waals surface area contributed by atoms with Gasteiger partial charge in [-0.15, -0.1) is 35.5 Å². The number of fused-ring (bicyclic) bond motifs is 1. The van der Waals surface area contributed by atoms with Crippen molar-refractivity contribution in [2.75, 3.05) is 23.7 Å². The molecule has 0 saturated heterocycles. The molecule has 84 valence electrons. The molecule has 0 amide bonds. The number of nitrogens with two attached hydrogens (primary N) is 1. The second-order valence-electron chi connectivity index (χ2n) is 3.13. The minimum absolute atomic E-state index is 0. The van der Waals surface area contributed by atoms with E-state index < -0.39 is 0 Å². The molecule has 3 N–H and O–H groups in total. The molecule has 0 atom stereocenters. The van der Waals surface area contributed by atoms with Crippen LogP contribution in [-0.2, 0) is 0 Å². The van der Waals surface area contributed by atoms with E-state index in [1.807, 2.05) is 17.8 Å². The number of thiophene rings is 1. The average molecular weight is 264 g/mol. The highest BCUT2D eigenvalue weighted by Gasteiger charge is 2.20. The van der Waals surface area contributed by atoms with Crippen LogP contribution in [0.3, 0.4) is 0 Å². The number of amidine groups is 1. The van der Waals surface area contributed by atoms with Gasteiger partial charge in [-0.2, -0.15) is 0 Å². The van der Waals surface area contributed by atoms with Gasteiger partial charge in [0.25, 0.3) is 0 Å². The molecule has 0 radical (unpaired) electrons. The number of hydrogen-bond donors (Lipinski definition) is 2. The van der Waals surface area contributed by atoms with Gasteiger partial charge in [0.15, 0.2) is 0 Å². The van der Waals surface area contributed by atoms with Gasteiger partial charge in [-0.1, -0.05) is 0 Å². The average Bonchev–Trinajstić information content (AvgIpc) is 2.60. The standard InChI is InChI=1S/C9H13N3S2.ClH/c1-2-12-3-4-13-9-6(12)5-7(14-9)8(10)11;/h5H,2-4H2,1H3,(H3,10,11);1H. The maximum absolute atomic E-state index is 7.40. The molecule has 0 unspecified atom stereocenters. The zero-order valence-electron chi connectivity index (χ0n) is 8.45. The predicted molar refractivity (Wildman–Crippen MR) is 71.2 cm³/mol. The van der Waals surface area contributed by atoms with Gasteiger partial charge in [0, 0.05) is 18.8 Å². The van der Waals surface area contributed by atoms with Crippen LogP contribution in [0.25, 0.3) is 0 Å². The van der Waals surface area contributed by atoms with Crippen molar-refractivity contribution in [3.8, 4) is 0 Å². The molecule has 2 heterocycles. The van der Waals surface area contributed by atoms with E-state index in [1.54, 1.807) is 11.3 Å². The molecule has 0 fully saturated rings. The van der Waals surface area contributed by atoms with Gasteiger partial charge >= 0.3 is 0 Å². The summed E-state index contributed by atoms with van der Waals surface area (Å²) in [6.07, 6.45) is 0. The Balaban J connectivity index is 0.00000112. The van der Waals surface area contributed by atoms with Crippen LogP contribution in [0.15, 0.2) is 10.3 Å². The molecule has 1 aliphatic rings. The lowest BCUT2D eigenvalue weighted by atomic mass is 10.3. The number of thioether (sulfide) groups is 1. The van der Waals surface area contributed by atoms with E-state index in [2.05, 4.69) is 11.8 Å². The maximum Gasteiger partial charge on any atom is 0.133 e. The van der Waals surface area contributed by atoms with Gasteiger partial charge in [-0.3, -0.25) is 5.41 Å². The molecule has 1 aliphatic heterocycles. The van der Waals surface area contributed by atoms with Crippen LogP contribution < -0.4 is 10.6 Å². The highest BCUT2D eigenvalue weighted by Crippen LogP contribution is 2.41. The number of anilines is 1. The Morgan fingerprint density at radius 2 is 2.40 bits per heavy atom. The lowest BCUT2D eigenvalue weighted by molar-refractivity contribution is 0.857. The molecule has 3 nitrogen and oxygen atoms in total. The maximum atomic E-state index is 7.40. The first-order valence-corrected chi connectivity index (χ1v) is 6.38. The van der Waals surface area contributed by atoms with Crippen LogP contribution >= 0.6 is 35.5 Å². The van der Waals surface area contributed by atoms with Crippen LogP contribution in [0.2, 0.25) is 0 Å². The van der Waals surface area contributed by atoms with E-state index in [9.17, 15) is 0 Å². The quantitative estimate of drug-likeness (QED) is 0.636. The summed E-state index contributed by atoms with van der Waals surface area (Å²) in [6.45, 7) is 4.29. The highest BCUT2D eigenvalue weighted by atomic mass is 35.5. The SMILES string of the molecule is CCN1CCSc2sc(C(=N)N)cc21.Cl. The topological polar surface area (TPSA) is 53.1 Å². The summed E-state index contributed by atoms with van der Waals surface area (Å²) in [5, 5.41) is 7.40. The zero-order valence-corrected chi connectivity index (χ0v) is 10.9. The van der Waals surface area contributed by atoms with Crippen LogP contribution in [0.1, 0.15) is 11.8 Å². The van der Waals surface area contributed by atoms with Crippen molar-refractivity contribution in [1.82, 2.24) is 0 Å². The van der Waals surface area contributed by atoms with E-state index in [-0.39, 0.29) is 18.2 Å². The monoisotopic (exact) mass is 263 g/mol. The van der Waals surface area contributed by atoms with Crippen LogP contribution in [0.5, 0.6) is 0 Å². The van der Waals surface area contributed by atoms with Crippen molar-refractivity contribution in [1.29, 1.82) is 5.41 Å². The second-order valence-corrected chi connectivity index (χ2v) is 5.54. The van der Waals surface area contributed by atoms with Crippen molar-refractivity contribution in [2.24, 2.45) is 5.73 Å². The predicted octanol–water partition coefficient (Wildman–Crippen LogP) is 2.39.